The second-order valence-electron chi connectivity index (χ2n) is 5.62. The predicted octanol–water partition coefficient (Wildman–Crippen LogP) is 1.71. The lowest BCUT2D eigenvalue weighted by Gasteiger charge is -2.17. The first-order valence-electron chi connectivity index (χ1n) is 7.42. The summed E-state index contributed by atoms with van der Waals surface area (Å²) in [7, 11) is 1.62. The van der Waals surface area contributed by atoms with E-state index in [1.807, 2.05) is 31.2 Å². The zero-order valence-corrected chi connectivity index (χ0v) is 12.7. The Morgan fingerprint density at radius 1 is 1.43 bits per heavy atom. The molecule has 2 rings (SSSR count). The molecule has 0 heterocycles. The standard InChI is InChI=1S/C16H24N2O3/c1-11(21-15-5-3-4-14(9-15)20-2)10-18-16(19)12-6-7-13(17)8-12/h3-5,9,11-13H,6-8,10,17H2,1-2H3,(H,18,19). The van der Waals surface area contributed by atoms with Crippen molar-refractivity contribution in [2.24, 2.45) is 11.7 Å². The summed E-state index contributed by atoms with van der Waals surface area (Å²) in [6.07, 6.45) is 2.51. The van der Waals surface area contributed by atoms with Crippen LogP contribution in [0.5, 0.6) is 11.5 Å². The molecule has 5 nitrogen and oxygen atoms in total. The maximum Gasteiger partial charge on any atom is 0.223 e. The zero-order valence-electron chi connectivity index (χ0n) is 12.7. The van der Waals surface area contributed by atoms with Gasteiger partial charge in [0.15, 0.2) is 0 Å². The summed E-state index contributed by atoms with van der Waals surface area (Å²) in [5.74, 6) is 1.63. The van der Waals surface area contributed by atoms with Gasteiger partial charge in [-0.15, -0.1) is 0 Å². The molecular weight excluding hydrogens is 268 g/mol. The third-order valence-corrected chi connectivity index (χ3v) is 3.79. The van der Waals surface area contributed by atoms with Crippen LogP contribution in [0.2, 0.25) is 0 Å². The van der Waals surface area contributed by atoms with Crippen LogP contribution in [0.25, 0.3) is 0 Å². The molecule has 0 saturated heterocycles. The Balaban J connectivity index is 1.76. The molecule has 0 aromatic heterocycles. The number of nitrogens with one attached hydrogen (secondary N) is 1. The topological polar surface area (TPSA) is 73.6 Å². The molecule has 0 radical (unpaired) electrons. The monoisotopic (exact) mass is 292 g/mol. The van der Waals surface area contributed by atoms with Crippen LogP contribution in [0.4, 0.5) is 0 Å². The van der Waals surface area contributed by atoms with Crippen molar-refractivity contribution in [3.63, 3.8) is 0 Å². The van der Waals surface area contributed by atoms with Gasteiger partial charge in [-0.05, 0) is 38.3 Å². The van der Waals surface area contributed by atoms with Crippen LogP contribution in [0.15, 0.2) is 24.3 Å². The van der Waals surface area contributed by atoms with E-state index in [1.165, 1.54) is 0 Å². The molecule has 1 aliphatic rings. The van der Waals surface area contributed by atoms with E-state index < -0.39 is 0 Å². The van der Waals surface area contributed by atoms with E-state index in [1.54, 1.807) is 7.11 Å². The fraction of sp³-hybridized carbons (Fsp3) is 0.562. The fourth-order valence-corrected chi connectivity index (χ4v) is 2.59. The number of ether oxygens (including phenoxy) is 2. The van der Waals surface area contributed by atoms with Crippen molar-refractivity contribution in [3.05, 3.63) is 24.3 Å². The number of hydrogen-bond donors (Lipinski definition) is 2. The minimum atomic E-state index is -0.101. The largest absolute Gasteiger partial charge is 0.497 e. The van der Waals surface area contributed by atoms with Gasteiger partial charge < -0.3 is 20.5 Å². The minimum Gasteiger partial charge on any atom is -0.497 e. The van der Waals surface area contributed by atoms with Crippen molar-refractivity contribution >= 4 is 5.91 Å². The van der Waals surface area contributed by atoms with Gasteiger partial charge in [0.1, 0.15) is 17.6 Å². The molecule has 21 heavy (non-hydrogen) atoms. The van der Waals surface area contributed by atoms with Crippen molar-refractivity contribution in [3.8, 4) is 11.5 Å². The van der Waals surface area contributed by atoms with Gasteiger partial charge >= 0.3 is 0 Å². The summed E-state index contributed by atoms with van der Waals surface area (Å²) in [6.45, 7) is 2.42. The van der Waals surface area contributed by atoms with Crippen LogP contribution in [0.1, 0.15) is 26.2 Å². The number of amides is 1. The molecule has 1 aliphatic carbocycles. The number of nitrogens with two attached hydrogens (primary N) is 1. The molecule has 1 saturated carbocycles. The smallest absolute Gasteiger partial charge is 0.223 e. The molecule has 3 N–H and O–H groups in total. The van der Waals surface area contributed by atoms with Gasteiger partial charge in [0.25, 0.3) is 0 Å². The summed E-state index contributed by atoms with van der Waals surface area (Å²) in [4.78, 5) is 12.0. The molecule has 0 spiro atoms. The molecule has 0 bridgehead atoms. The minimum absolute atomic E-state index is 0.0593. The summed E-state index contributed by atoms with van der Waals surface area (Å²) < 4.78 is 10.9. The molecule has 1 aromatic carbocycles. The Morgan fingerprint density at radius 2 is 2.19 bits per heavy atom. The lowest BCUT2D eigenvalue weighted by molar-refractivity contribution is -0.125. The lowest BCUT2D eigenvalue weighted by atomic mass is 10.1. The Labute approximate surface area is 125 Å². The van der Waals surface area contributed by atoms with Crippen LogP contribution in [0.3, 0.4) is 0 Å². The number of rotatable bonds is 6. The third kappa shape index (κ3) is 4.63. The van der Waals surface area contributed by atoms with E-state index in [2.05, 4.69) is 5.32 Å². The van der Waals surface area contributed by atoms with Crippen molar-refractivity contribution in [1.82, 2.24) is 5.32 Å². The molecule has 0 aliphatic heterocycles. The average Bonchev–Trinajstić information content (AvgIpc) is 2.91. The van der Waals surface area contributed by atoms with E-state index in [-0.39, 0.29) is 24.0 Å². The first-order chi connectivity index (χ1) is 10.1. The number of carbonyl (C=O) groups is 1. The van der Waals surface area contributed by atoms with E-state index in [0.29, 0.717) is 6.54 Å². The predicted molar refractivity (Wildman–Crippen MR) is 81.4 cm³/mol. The number of benzene rings is 1. The van der Waals surface area contributed by atoms with Gasteiger partial charge in [-0.3, -0.25) is 4.79 Å². The maximum atomic E-state index is 12.0. The molecule has 3 unspecified atom stereocenters. The second kappa shape index (κ2) is 7.31. The molecule has 1 aromatic rings. The maximum absolute atomic E-state index is 12.0. The van der Waals surface area contributed by atoms with E-state index in [9.17, 15) is 4.79 Å². The van der Waals surface area contributed by atoms with Gasteiger partial charge in [-0.2, -0.15) is 0 Å². The summed E-state index contributed by atoms with van der Waals surface area (Å²) in [6, 6.07) is 7.61. The SMILES string of the molecule is COc1cccc(OC(C)CNC(=O)C2CCC(N)C2)c1. The normalized spacial score (nSPS) is 22.6. The number of methoxy groups -OCH3 is 1. The molecule has 5 heteroatoms. The van der Waals surface area contributed by atoms with Crippen molar-refractivity contribution < 1.29 is 14.3 Å². The summed E-state index contributed by atoms with van der Waals surface area (Å²) in [5, 5.41) is 2.94. The highest BCUT2D eigenvalue weighted by Gasteiger charge is 2.27. The second-order valence-corrected chi connectivity index (χ2v) is 5.62. The summed E-state index contributed by atoms with van der Waals surface area (Å²) in [5.41, 5.74) is 5.83. The van der Waals surface area contributed by atoms with Crippen LogP contribution in [-0.4, -0.2) is 31.7 Å². The van der Waals surface area contributed by atoms with Crippen molar-refractivity contribution in [1.29, 1.82) is 0 Å². The van der Waals surface area contributed by atoms with Crippen molar-refractivity contribution in [2.75, 3.05) is 13.7 Å². The third-order valence-electron chi connectivity index (χ3n) is 3.79. The molecule has 1 fully saturated rings. The zero-order chi connectivity index (χ0) is 15.2. The van der Waals surface area contributed by atoms with Crippen LogP contribution < -0.4 is 20.5 Å². The number of hydrogen-bond acceptors (Lipinski definition) is 4. The van der Waals surface area contributed by atoms with Gasteiger partial charge in [0, 0.05) is 18.0 Å². The lowest BCUT2D eigenvalue weighted by Crippen LogP contribution is -2.37. The van der Waals surface area contributed by atoms with E-state index in [4.69, 9.17) is 15.2 Å². The van der Waals surface area contributed by atoms with Crippen LogP contribution in [-0.2, 0) is 4.79 Å². The first kappa shape index (κ1) is 15.6. The quantitative estimate of drug-likeness (QED) is 0.837. The molecule has 116 valence electrons. The summed E-state index contributed by atoms with van der Waals surface area (Å²) >= 11 is 0. The fourth-order valence-electron chi connectivity index (χ4n) is 2.59. The Bertz CT molecular complexity index is 478. The van der Waals surface area contributed by atoms with Crippen molar-refractivity contribution in [2.45, 2.75) is 38.3 Å². The first-order valence-corrected chi connectivity index (χ1v) is 7.42. The Morgan fingerprint density at radius 3 is 2.86 bits per heavy atom. The number of carbonyl (C=O) groups excluding carboxylic acids is 1. The van der Waals surface area contributed by atoms with Crippen LogP contribution in [0, 0.1) is 5.92 Å². The van der Waals surface area contributed by atoms with E-state index in [0.717, 1.165) is 30.8 Å². The molecular formula is C16H24N2O3. The van der Waals surface area contributed by atoms with Gasteiger partial charge in [0.05, 0.1) is 13.7 Å². The highest BCUT2D eigenvalue weighted by atomic mass is 16.5. The van der Waals surface area contributed by atoms with Crippen LogP contribution >= 0.6 is 0 Å². The highest BCUT2D eigenvalue weighted by Crippen LogP contribution is 2.24. The van der Waals surface area contributed by atoms with Gasteiger partial charge in [-0.1, -0.05) is 6.07 Å². The molecule has 1 amide bonds. The molecule has 3 atom stereocenters. The van der Waals surface area contributed by atoms with Gasteiger partial charge in [0.2, 0.25) is 5.91 Å². The highest BCUT2D eigenvalue weighted by molar-refractivity contribution is 5.79. The van der Waals surface area contributed by atoms with Gasteiger partial charge in [-0.25, -0.2) is 0 Å². The Kier molecular flexibility index (Phi) is 5.44. The Hall–Kier alpha value is -1.75. The van der Waals surface area contributed by atoms with E-state index >= 15 is 0 Å². The average molecular weight is 292 g/mol.